The van der Waals surface area contributed by atoms with Crippen LogP contribution >= 0.6 is 35.1 Å². The van der Waals surface area contributed by atoms with E-state index in [-0.39, 0.29) is 4.45 Å². The fourth-order valence-electron chi connectivity index (χ4n) is 0. The summed E-state index contributed by atoms with van der Waals surface area (Å²) < 4.78 is -0.270. The highest BCUT2D eigenvalue weighted by Gasteiger charge is 1.80. The maximum absolute atomic E-state index is 9.56. The third-order valence-corrected chi connectivity index (χ3v) is 1.44. The average Bonchev–Trinajstić information content (AvgIpc) is 1.38. The van der Waals surface area contributed by atoms with Crippen LogP contribution in [0.15, 0.2) is 0 Å². The van der Waals surface area contributed by atoms with Gasteiger partial charge in [0.25, 0.3) is 4.45 Å². The molecule has 30 valence electrons. The highest BCUT2D eigenvalue weighted by Crippen LogP contribution is 2.09. The van der Waals surface area contributed by atoms with Gasteiger partial charge in [-0.15, -0.1) is 11.7 Å². The van der Waals surface area contributed by atoms with Gasteiger partial charge in [0.15, 0.2) is 0 Å². The molecule has 0 fully saturated rings. The van der Waals surface area contributed by atoms with Gasteiger partial charge in [-0.25, -0.2) is 0 Å². The molecule has 0 radical (unpaired) electrons. The third-order valence-electron chi connectivity index (χ3n) is 0.0781. The van der Waals surface area contributed by atoms with Gasteiger partial charge in [0.1, 0.15) is 0 Å². The van der Waals surface area contributed by atoms with Crippen molar-refractivity contribution in [3.05, 3.63) is 0 Å². The molecule has 0 heterocycles. The Bertz CT molecular complexity index is 42.2. The van der Waals surface area contributed by atoms with Gasteiger partial charge in [-0.1, -0.05) is 12.6 Å². The van der Waals surface area contributed by atoms with E-state index in [1.165, 1.54) is 0 Å². The first-order valence-electron chi connectivity index (χ1n) is 0.814. The molecule has 0 spiro atoms. The maximum atomic E-state index is 9.56. The molecule has 0 amide bonds. The van der Waals surface area contributed by atoms with Crippen LogP contribution in [0.1, 0.15) is 0 Å². The van der Waals surface area contributed by atoms with Crippen molar-refractivity contribution in [2.75, 3.05) is 0 Å². The SMILES string of the molecule is O=C(S)SS. The number of carbonyl (C=O) groups is 1. The van der Waals surface area contributed by atoms with E-state index < -0.39 is 0 Å². The Hall–Kier alpha value is 0.720. The minimum atomic E-state index is -0.270. The zero-order valence-electron chi connectivity index (χ0n) is 2.21. The predicted molar refractivity (Wildman–Crippen MR) is 31.0 cm³/mol. The molecule has 0 aromatic heterocycles. The van der Waals surface area contributed by atoms with Gasteiger partial charge in [0.05, 0.1) is 0 Å². The van der Waals surface area contributed by atoms with Crippen LogP contribution in [0.5, 0.6) is 0 Å². The summed E-state index contributed by atoms with van der Waals surface area (Å²) in [5, 5.41) is 0. The quantitative estimate of drug-likeness (QED) is 0.379. The van der Waals surface area contributed by atoms with Crippen LogP contribution in [0.3, 0.4) is 0 Å². The molecule has 4 heteroatoms. The van der Waals surface area contributed by atoms with Crippen molar-refractivity contribution in [1.29, 1.82) is 0 Å². The van der Waals surface area contributed by atoms with E-state index in [0.29, 0.717) is 0 Å². The number of thiol groups is 2. The van der Waals surface area contributed by atoms with Gasteiger partial charge >= 0.3 is 0 Å². The lowest BCUT2D eigenvalue weighted by Gasteiger charge is -1.69. The highest BCUT2D eigenvalue weighted by molar-refractivity contribution is 8.78. The molecule has 0 aliphatic carbocycles. The third kappa shape index (κ3) is 4.72. The van der Waals surface area contributed by atoms with E-state index in [1.807, 2.05) is 0 Å². The molecule has 0 aromatic rings. The summed E-state index contributed by atoms with van der Waals surface area (Å²) in [4.78, 5) is 9.56. The second-order valence-electron chi connectivity index (χ2n) is 0.357. The molecule has 0 aliphatic heterocycles. The Morgan fingerprint density at radius 1 is 1.80 bits per heavy atom. The van der Waals surface area contributed by atoms with E-state index in [1.54, 1.807) is 0 Å². The van der Waals surface area contributed by atoms with Crippen molar-refractivity contribution in [1.82, 2.24) is 0 Å². The van der Waals surface area contributed by atoms with E-state index in [9.17, 15) is 4.79 Å². The summed E-state index contributed by atoms with van der Waals surface area (Å²) in [6.45, 7) is 0. The summed E-state index contributed by atoms with van der Waals surface area (Å²) in [6, 6.07) is 0. The molecule has 0 bridgehead atoms. The Balaban J connectivity index is 2.85. The molecule has 0 saturated carbocycles. The van der Waals surface area contributed by atoms with Crippen LogP contribution in [0, 0.1) is 0 Å². The largest absolute Gasteiger partial charge is 0.274 e. The van der Waals surface area contributed by atoms with Gasteiger partial charge < -0.3 is 0 Å². The van der Waals surface area contributed by atoms with Gasteiger partial charge in [-0.3, -0.25) is 4.79 Å². The summed E-state index contributed by atoms with van der Waals surface area (Å²) in [6.07, 6.45) is 0. The monoisotopic (exact) mass is 126 g/mol. The minimum absolute atomic E-state index is 0.270. The number of hydrogen-bond donors (Lipinski definition) is 2. The van der Waals surface area contributed by atoms with Crippen LogP contribution in [-0.2, 0) is 0 Å². The van der Waals surface area contributed by atoms with Crippen LogP contribution in [0.4, 0.5) is 4.79 Å². The second kappa shape index (κ2) is 2.93. The lowest BCUT2D eigenvalue weighted by molar-refractivity contribution is 0.277. The molecule has 0 unspecified atom stereocenters. The van der Waals surface area contributed by atoms with Crippen LogP contribution in [0.2, 0.25) is 0 Å². The lowest BCUT2D eigenvalue weighted by Crippen LogP contribution is -1.55. The van der Waals surface area contributed by atoms with Crippen molar-refractivity contribution < 1.29 is 4.79 Å². The smallest absolute Gasteiger partial charge is 0.253 e. The van der Waals surface area contributed by atoms with E-state index >= 15 is 0 Å². The first kappa shape index (κ1) is 5.72. The Morgan fingerprint density at radius 2 is 2.00 bits per heavy atom. The van der Waals surface area contributed by atoms with Crippen LogP contribution in [-0.4, -0.2) is 4.45 Å². The summed E-state index contributed by atoms with van der Waals surface area (Å²) in [7, 11) is 0.799. The normalized spacial score (nSPS) is 7.60. The minimum Gasteiger partial charge on any atom is -0.274 e. The molecule has 0 N–H and O–H groups in total. The fourth-order valence-corrected chi connectivity index (χ4v) is 0. The molecule has 1 nitrogen and oxygen atoms in total. The van der Waals surface area contributed by atoms with Crippen molar-refractivity contribution in [3.63, 3.8) is 0 Å². The van der Waals surface area contributed by atoms with Gasteiger partial charge in [0.2, 0.25) is 0 Å². The van der Waals surface area contributed by atoms with Crippen molar-refractivity contribution in [3.8, 4) is 0 Å². The molecular formula is CH2OS3. The maximum Gasteiger partial charge on any atom is 0.253 e. The molecule has 0 saturated heterocycles. The predicted octanol–water partition coefficient (Wildman–Crippen LogP) is 1.61. The van der Waals surface area contributed by atoms with E-state index in [0.717, 1.165) is 10.8 Å². The van der Waals surface area contributed by atoms with Crippen molar-refractivity contribution in [2.45, 2.75) is 0 Å². The van der Waals surface area contributed by atoms with Crippen LogP contribution < -0.4 is 0 Å². The standard InChI is InChI=1S/CH2OS3/c2-1(3)5-4/h4H,(H,2,3). The lowest BCUT2D eigenvalue weighted by atomic mass is 11.8. The zero-order valence-corrected chi connectivity index (χ0v) is 4.82. The summed E-state index contributed by atoms with van der Waals surface area (Å²) in [5.41, 5.74) is 0. The highest BCUT2D eigenvalue weighted by atomic mass is 33.1. The first-order valence-corrected chi connectivity index (χ1v) is 3.13. The Labute approximate surface area is 44.7 Å². The van der Waals surface area contributed by atoms with Crippen molar-refractivity contribution in [2.24, 2.45) is 0 Å². The van der Waals surface area contributed by atoms with Crippen molar-refractivity contribution >= 4 is 39.5 Å². The summed E-state index contributed by atoms with van der Waals surface area (Å²) in [5.74, 6) is 0. The Morgan fingerprint density at radius 3 is 2.00 bits per heavy atom. The van der Waals surface area contributed by atoms with Gasteiger partial charge in [0, 0.05) is 0 Å². The molecule has 0 aromatic carbocycles. The topological polar surface area (TPSA) is 17.1 Å². The average molecular weight is 126 g/mol. The fraction of sp³-hybridized carbons (Fsp3) is 0. The van der Waals surface area contributed by atoms with Crippen LogP contribution in [0.25, 0.3) is 0 Å². The first-order chi connectivity index (χ1) is 2.27. The summed E-state index contributed by atoms with van der Waals surface area (Å²) >= 11 is 6.85. The molecule has 0 atom stereocenters. The molecular weight excluding hydrogens is 124 g/mol. The Kier molecular flexibility index (Phi) is 3.35. The van der Waals surface area contributed by atoms with Gasteiger partial charge in [-0.05, 0) is 10.8 Å². The molecule has 5 heavy (non-hydrogen) atoms. The number of rotatable bonds is 0. The van der Waals surface area contributed by atoms with Gasteiger partial charge in [-0.2, -0.15) is 0 Å². The molecule has 0 aliphatic rings. The van der Waals surface area contributed by atoms with E-state index in [2.05, 4.69) is 24.3 Å². The zero-order chi connectivity index (χ0) is 4.28. The second-order valence-corrected chi connectivity index (χ2v) is 2.17. The molecule has 0 rings (SSSR count). The number of hydrogen-bond acceptors (Lipinski definition) is 3. The van der Waals surface area contributed by atoms with E-state index in [4.69, 9.17) is 0 Å². The number of carbonyl (C=O) groups excluding carboxylic acids is 1.